The normalized spacial score (nSPS) is 16.5. The molecule has 0 radical (unpaired) electrons. The first-order valence-electron chi connectivity index (χ1n) is 13.4. The van der Waals surface area contributed by atoms with Crippen LogP contribution >= 0.6 is 7.82 Å². The molecule has 0 aliphatic carbocycles. The summed E-state index contributed by atoms with van der Waals surface area (Å²) in [4.78, 5) is 21.4. The Bertz CT molecular complexity index is 584. The van der Waals surface area contributed by atoms with Gasteiger partial charge in [0.2, 0.25) is 0 Å². The summed E-state index contributed by atoms with van der Waals surface area (Å²) in [5.74, 6) is -1.58. The van der Waals surface area contributed by atoms with E-state index >= 15 is 0 Å². The summed E-state index contributed by atoms with van der Waals surface area (Å²) >= 11 is 0. The number of ether oxygens (including phenoxy) is 1. The molecular formula is C25H53NO8P+. The summed E-state index contributed by atoms with van der Waals surface area (Å²) in [6.07, 6.45) is 11.3. The van der Waals surface area contributed by atoms with Gasteiger partial charge in [0.1, 0.15) is 19.3 Å². The fourth-order valence-corrected chi connectivity index (χ4v) is 4.51. The molecule has 9 nitrogen and oxygen atoms in total. The third-order valence-corrected chi connectivity index (χ3v) is 6.98. The van der Waals surface area contributed by atoms with E-state index in [1.165, 1.54) is 44.9 Å². The van der Waals surface area contributed by atoms with Crippen molar-refractivity contribution in [2.24, 2.45) is 5.92 Å². The van der Waals surface area contributed by atoms with E-state index in [9.17, 15) is 24.5 Å². The minimum Gasteiger partial charge on any atom is -0.481 e. The van der Waals surface area contributed by atoms with Crippen LogP contribution in [0.5, 0.6) is 0 Å². The highest BCUT2D eigenvalue weighted by molar-refractivity contribution is 7.47. The lowest BCUT2D eigenvalue weighted by Gasteiger charge is -2.25. The number of phosphoric ester groups is 1. The van der Waals surface area contributed by atoms with Crippen molar-refractivity contribution in [3.63, 3.8) is 0 Å². The average molecular weight is 527 g/mol. The molecule has 3 N–H and O–H groups in total. The van der Waals surface area contributed by atoms with Gasteiger partial charge in [-0.15, -0.1) is 0 Å². The summed E-state index contributed by atoms with van der Waals surface area (Å²) in [6.45, 7) is 3.98. The van der Waals surface area contributed by atoms with Crippen molar-refractivity contribution < 1.29 is 42.7 Å². The fraction of sp³-hybridized carbons (Fsp3) is 0.960. The molecule has 10 heteroatoms. The first kappa shape index (κ1) is 34.5. The molecule has 35 heavy (non-hydrogen) atoms. The number of hydrogen-bond donors (Lipinski definition) is 3. The van der Waals surface area contributed by atoms with Crippen LogP contribution in [0.15, 0.2) is 0 Å². The van der Waals surface area contributed by atoms with Gasteiger partial charge in [-0.3, -0.25) is 13.8 Å². The Labute approximate surface area is 213 Å². The highest BCUT2D eigenvalue weighted by atomic mass is 31.2. The number of carboxylic acids is 1. The Hall–Kier alpha value is -0.540. The van der Waals surface area contributed by atoms with Crippen molar-refractivity contribution in [1.82, 2.24) is 0 Å². The minimum atomic E-state index is -4.28. The van der Waals surface area contributed by atoms with E-state index < -0.39 is 38.5 Å². The van der Waals surface area contributed by atoms with E-state index in [2.05, 4.69) is 6.92 Å². The smallest absolute Gasteiger partial charge is 0.472 e. The Morgan fingerprint density at radius 2 is 1.43 bits per heavy atom. The van der Waals surface area contributed by atoms with Gasteiger partial charge in [0.15, 0.2) is 0 Å². The third-order valence-electron chi connectivity index (χ3n) is 6.00. The van der Waals surface area contributed by atoms with Gasteiger partial charge in [0.05, 0.1) is 46.4 Å². The molecular weight excluding hydrogens is 473 g/mol. The highest BCUT2D eigenvalue weighted by Gasteiger charge is 2.29. The maximum atomic E-state index is 12.0. The number of carbonyl (C=O) groups is 1. The second-order valence-corrected chi connectivity index (χ2v) is 11.9. The Morgan fingerprint density at radius 3 is 1.91 bits per heavy atom. The van der Waals surface area contributed by atoms with E-state index in [1.54, 1.807) is 0 Å². The number of likely N-dealkylation sites (N-methyl/N-ethyl adjacent to an activating group) is 1. The molecule has 0 fully saturated rings. The number of hydrogen-bond acceptors (Lipinski definition) is 6. The van der Waals surface area contributed by atoms with Crippen LogP contribution in [0.2, 0.25) is 0 Å². The van der Waals surface area contributed by atoms with Crippen molar-refractivity contribution >= 4 is 13.8 Å². The number of unbranched alkanes of at least 4 members (excludes halogenated alkanes) is 9. The Balaban J connectivity index is 4.36. The predicted molar refractivity (Wildman–Crippen MR) is 138 cm³/mol. The number of carboxylic acid groups (broad SMARTS) is 1. The zero-order valence-electron chi connectivity index (χ0n) is 22.8. The van der Waals surface area contributed by atoms with Crippen molar-refractivity contribution in [3.05, 3.63) is 0 Å². The zero-order chi connectivity index (χ0) is 26.7. The van der Waals surface area contributed by atoms with Crippen molar-refractivity contribution in [3.8, 4) is 0 Å². The molecule has 0 rings (SSSR count). The highest BCUT2D eigenvalue weighted by Crippen LogP contribution is 2.43. The van der Waals surface area contributed by atoms with Crippen LogP contribution in [-0.4, -0.2) is 85.3 Å². The first-order chi connectivity index (χ1) is 16.4. The molecule has 0 bridgehead atoms. The maximum absolute atomic E-state index is 12.0. The van der Waals surface area contributed by atoms with Gasteiger partial charge < -0.3 is 24.3 Å². The van der Waals surface area contributed by atoms with Gasteiger partial charge in [-0.2, -0.15) is 0 Å². The van der Waals surface area contributed by atoms with Gasteiger partial charge in [0.25, 0.3) is 0 Å². The van der Waals surface area contributed by atoms with Crippen LogP contribution in [0.25, 0.3) is 0 Å². The Kier molecular flexibility index (Phi) is 19.3. The molecule has 0 aromatic carbocycles. The van der Waals surface area contributed by atoms with Crippen LogP contribution in [-0.2, 0) is 23.1 Å². The molecule has 4 atom stereocenters. The number of rotatable bonds is 24. The topological polar surface area (TPSA) is 123 Å². The van der Waals surface area contributed by atoms with Crippen LogP contribution in [0.4, 0.5) is 0 Å². The van der Waals surface area contributed by atoms with Crippen LogP contribution in [0, 0.1) is 5.92 Å². The number of nitrogens with zero attached hydrogens (tertiary/aromatic N) is 1. The van der Waals surface area contributed by atoms with E-state index in [0.29, 0.717) is 23.9 Å². The number of phosphoric acid groups is 1. The monoisotopic (exact) mass is 526 g/mol. The molecule has 0 spiro atoms. The largest absolute Gasteiger partial charge is 0.481 e. The standard InChI is InChI=1S/C25H52NO8P/c1-6-8-9-10-11-12-13-14-15-16-17-24(23(7-2)25(28)29)32-20-22(27)21-34-35(30,31)33-19-18-26(3,4)5/h22-24,27H,6-21H2,1-5H3,(H-,28,29,30,31)/p+1. The van der Waals surface area contributed by atoms with Crippen LogP contribution in [0.1, 0.15) is 90.9 Å². The van der Waals surface area contributed by atoms with Gasteiger partial charge in [-0.1, -0.05) is 78.1 Å². The molecule has 0 amide bonds. The van der Waals surface area contributed by atoms with Crippen LogP contribution in [0.3, 0.4) is 0 Å². The van der Waals surface area contributed by atoms with Gasteiger partial charge in [-0.05, 0) is 12.8 Å². The van der Waals surface area contributed by atoms with E-state index in [4.69, 9.17) is 13.8 Å². The lowest BCUT2D eigenvalue weighted by atomic mass is 9.94. The number of aliphatic hydroxyl groups excluding tert-OH is 1. The summed E-state index contributed by atoms with van der Waals surface area (Å²) in [5.41, 5.74) is 0. The second-order valence-electron chi connectivity index (χ2n) is 10.5. The Morgan fingerprint density at radius 1 is 0.886 bits per heavy atom. The van der Waals surface area contributed by atoms with Crippen molar-refractivity contribution in [2.45, 2.75) is 103 Å². The molecule has 0 heterocycles. The number of aliphatic hydroxyl groups is 1. The molecule has 0 saturated carbocycles. The fourth-order valence-electron chi connectivity index (χ4n) is 3.76. The predicted octanol–water partition coefficient (Wildman–Crippen LogP) is 4.99. The van der Waals surface area contributed by atoms with Gasteiger partial charge in [0, 0.05) is 0 Å². The van der Waals surface area contributed by atoms with Crippen LogP contribution < -0.4 is 0 Å². The lowest BCUT2D eigenvalue weighted by Crippen LogP contribution is -2.37. The molecule has 4 unspecified atom stereocenters. The average Bonchev–Trinajstić information content (AvgIpc) is 2.76. The van der Waals surface area contributed by atoms with E-state index in [-0.39, 0.29) is 13.2 Å². The molecule has 0 aliphatic rings. The van der Waals surface area contributed by atoms with Gasteiger partial charge in [-0.25, -0.2) is 4.57 Å². The molecule has 0 aromatic rings. The third kappa shape index (κ3) is 20.2. The minimum absolute atomic E-state index is 0.0432. The summed E-state index contributed by atoms with van der Waals surface area (Å²) < 4.78 is 28.1. The zero-order valence-corrected chi connectivity index (χ0v) is 23.7. The van der Waals surface area contributed by atoms with Crippen molar-refractivity contribution in [2.75, 3.05) is 47.5 Å². The van der Waals surface area contributed by atoms with E-state index in [1.807, 2.05) is 28.1 Å². The number of aliphatic carboxylic acids is 1. The van der Waals surface area contributed by atoms with Gasteiger partial charge >= 0.3 is 13.8 Å². The molecule has 0 aliphatic heterocycles. The summed E-state index contributed by atoms with van der Waals surface area (Å²) in [6, 6.07) is 0. The number of quaternary nitrogens is 1. The summed E-state index contributed by atoms with van der Waals surface area (Å²) in [5, 5.41) is 19.7. The quantitative estimate of drug-likeness (QED) is 0.0913. The molecule has 210 valence electrons. The maximum Gasteiger partial charge on any atom is 0.472 e. The van der Waals surface area contributed by atoms with E-state index in [0.717, 1.165) is 19.3 Å². The first-order valence-corrected chi connectivity index (χ1v) is 14.9. The molecule has 0 aromatic heterocycles. The van der Waals surface area contributed by atoms with Crippen molar-refractivity contribution in [1.29, 1.82) is 0 Å². The lowest BCUT2D eigenvalue weighted by molar-refractivity contribution is -0.870. The SMILES string of the molecule is CCCCCCCCCCCCC(OCC(O)COP(=O)(O)OCC[N+](C)(C)C)C(CC)C(=O)O. The molecule has 0 saturated heterocycles. The summed E-state index contributed by atoms with van der Waals surface area (Å²) in [7, 11) is 1.51. The second kappa shape index (κ2) is 19.6.